The Kier molecular flexibility index (Phi) is 5.06. The van der Waals surface area contributed by atoms with Gasteiger partial charge in [0.2, 0.25) is 10.0 Å². The number of benzene rings is 1. The van der Waals surface area contributed by atoms with Crippen LogP contribution in [0.4, 0.5) is 5.69 Å². The maximum atomic E-state index is 12.6. The number of rotatable bonds is 4. The Balaban J connectivity index is 1.71. The van der Waals surface area contributed by atoms with Crippen molar-refractivity contribution in [2.24, 2.45) is 0 Å². The predicted octanol–water partition coefficient (Wildman–Crippen LogP) is 1.61. The van der Waals surface area contributed by atoms with Gasteiger partial charge in [-0.3, -0.25) is 9.10 Å². The Morgan fingerprint density at radius 1 is 1.28 bits per heavy atom. The zero-order valence-corrected chi connectivity index (χ0v) is 16.0. The highest BCUT2D eigenvalue weighted by atomic mass is 32.2. The lowest BCUT2D eigenvalue weighted by Crippen LogP contribution is -2.44. The van der Waals surface area contributed by atoms with Crippen molar-refractivity contribution in [1.82, 2.24) is 10.2 Å². The first-order chi connectivity index (χ1) is 11.8. The number of hydrogen-bond acceptors (Lipinski definition) is 4. The van der Waals surface area contributed by atoms with Crippen molar-refractivity contribution in [1.29, 1.82) is 0 Å². The molecule has 2 aliphatic rings. The summed E-state index contributed by atoms with van der Waals surface area (Å²) in [6, 6.07) is 5.43. The SMILES string of the molecule is CCN1CCC(NC(=O)c2ccc3c(c2)C[C@H](C)N3S(C)(=O)=O)CC1. The molecule has 0 unspecified atom stereocenters. The summed E-state index contributed by atoms with van der Waals surface area (Å²) in [7, 11) is -3.30. The maximum absolute atomic E-state index is 12.6. The zero-order chi connectivity index (χ0) is 18.2. The summed E-state index contributed by atoms with van der Waals surface area (Å²) in [6.07, 6.45) is 3.81. The number of nitrogens with zero attached hydrogens (tertiary/aromatic N) is 2. The summed E-state index contributed by atoms with van der Waals surface area (Å²) in [5, 5.41) is 3.13. The molecule has 1 saturated heterocycles. The molecule has 0 radical (unpaired) electrons. The number of hydrogen-bond donors (Lipinski definition) is 1. The Bertz CT molecular complexity index is 755. The van der Waals surface area contributed by atoms with Crippen molar-refractivity contribution in [3.63, 3.8) is 0 Å². The molecule has 6 nitrogen and oxygen atoms in total. The van der Waals surface area contributed by atoms with Gasteiger partial charge in [-0.2, -0.15) is 0 Å². The quantitative estimate of drug-likeness (QED) is 0.880. The number of piperidine rings is 1. The Labute approximate surface area is 150 Å². The number of sulfonamides is 1. The van der Waals surface area contributed by atoms with Gasteiger partial charge in [0, 0.05) is 30.7 Å². The van der Waals surface area contributed by atoms with Crippen molar-refractivity contribution in [3.05, 3.63) is 29.3 Å². The van der Waals surface area contributed by atoms with E-state index < -0.39 is 10.0 Å². The molecule has 2 aliphatic heterocycles. The normalized spacial score (nSPS) is 22.0. The molecular formula is C18H27N3O3S. The Morgan fingerprint density at radius 3 is 2.56 bits per heavy atom. The third kappa shape index (κ3) is 3.82. The Morgan fingerprint density at radius 2 is 1.96 bits per heavy atom. The average molecular weight is 365 g/mol. The van der Waals surface area contributed by atoms with Crippen LogP contribution in [0.5, 0.6) is 0 Å². The molecule has 1 N–H and O–H groups in total. The molecule has 0 aromatic heterocycles. The lowest BCUT2D eigenvalue weighted by atomic mass is 10.0. The first kappa shape index (κ1) is 18.2. The van der Waals surface area contributed by atoms with Crippen LogP contribution < -0.4 is 9.62 Å². The molecule has 7 heteroatoms. The number of anilines is 1. The van der Waals surface area contributed by atoms with Gasteiger partial charge in [0.25, 0.3) is 5.91 Å². The van der Waals surface area contributed by atoms with Crippen LogP contribution in [0.3, 0.4) is 0 Å². The summed E-state index contributed by atoms with van der Waals surface area (Å²) in [4.78, 5) is 15.0. The van der Waals surface area contributed by atoms with E-state index in [4.69, 9.17) is 0 Å². The number of likely N-dealkylation sites (tertiary alicyclic amines) is 1. The molecule has 138 valence electrons. The van der Waals surface area contributed by atoms with Crippen molar-refractivity contribution in [2.45, 2.75) is 45.2 Å². The number of nitrogens with one attached hydrogen (secondary N) is 1. The standard InChI is InChI=1S/C18H27N3O3S/c1-4-20-9-7-16(8-10-20)19-18(22)14-5-6-17-15(12-14)11-13(2)21(17)25(3,23)24/h5-6,12-13,16H,4,7-11H2,1-3H3,(H,19,22)/t13-/m0/s1. The number of amides is 1. The minimum absolute atomic E-state index is 0.0665. The highest BCUT2D eigenvalue weighted by Gasteiger charge is 2.33. The topological polar surface area (TPSA) is 69.7 Å². The summed E-state index contributed by atoms with van der Waals surface area (Å²) >= 11 is 0. The van der Waals surface area contributed by atoms with Crippen LogP contribution in [0, 0.1) is 0 Å². The van der Waals surface area contributed by atoms with Crippen LogP contribution in [-0.2, 0) is 16.4 Å². The van der Waals surface area contributed by atoms with Crippen LogP contribution in [-0.4, -0.2) is 57.2 Å². The number of carbonyl (C=O) groups is 1. The van der Waals surface area contributed by atoms with Gasteiger partial charge < -0.3 is 10.2 Å². The van der Waals surface area contributed by atoms with E-state index in [1.54, 1.807) is 12.1 Å². The summed E-state index contributed by atoms with van der Waals surface area (Å²) in [6.45, 7) is 7.14. The Hall–Kier alpha value is -1.60. The van der Waals surface area contributed by atoms with Gasteiger partial charge in [0.1, 0.15) is 0 Å². The van der Waals surface area contributed by atoms with E-state index in [9.17, 15) is 13.2 Å². The van der Waals surface area contributed by atoms with Gasteiger partial charge in [-0.1, -0.05) is 6.92 Å². The summed E-state index contributed by atoms with van der Waals surface area (Å²) < 4.78 is 25.4. The van der Waals surface area contributed by atoms with E-state index in [-0.39, 0.29) is 18.0 Å². The zero-order valence-electron chi connectivity index (χ0n) is 15.2. The second-order valence-electron chi connectivity index (χ2n) is 7.14. The molecule has 0 bridgehead atoms. The second-order valence-corrected chi connectivity index (χ2v) is 9.00. The van der Waals surface area contributed by atoms with E-state index >= 15 is 0 Å². The largest absolute Gasteiger partial charge is 0.349 e. The fourth-order valence-corrected chi connectivity index (χ4v) is 5.18. The molecule has 2 heterocycles. The average Bonchev–Trinajstić information content (AvgIpc) is 2.90. The van der Waals surface area contributed by atoms with Crippen molar-refractivity contribution in [3.8, 4) is 0 Å². The summed E-state index contributed by atoms with van der Waals surface area (Å²) in [5.74, 6) is -0.0665. The molecule has 1 aromatic rings. The highest BCUT2D eigenvalue weighted by molar-refractivity contribution is 7.92. The van der Waals surface area contributed by atoms with Crippen molar-refractivity contribution >= 4 is 21.6 Å². The van der Waals surface area contributed by atoms with Gasteiger partial charge in [0.15, 0.2) is 0 Å². The second kappa shape index (κ2) is 6.96. The molecule has 3 rings (SSSR count). The van der Waals surface area contributed by atoms with E-state index in [0.29, 0.717) is 17.7 Å². The fraction of sp³-hybridized carbons (Fsp3) is 0.611. The molecule has 25 heavy (non-hydrogen) atoms. The minimum atomic E-state index is -3.30. The van der Waals surface area contributed by atoms with E-state index in [0.717, 1.165) is 38.0 Å². The van der Waals surface area contributed by atoms with Gasteiger partial charge >= 0.3 is 0 Å². The fourth-order valence-electron chi connectivity index (χ4n) is 3.91. The van der Waals surface area contributed by atoms with Gasteiger partial charge in [0.05, 0.1) is 11.9 Å². The molecule has 1 fully saturated rings. The molecular weight excluding hydrogens is 338 g/mol. The minimum Gasteiger partial charge on any atom is -0.349 e. The summed E-state index contributed by atoms with van der Waals surface area (Å²) in [5.41, 5.74) is 2.23. The van der Waals surface area contributed by atoms with Crippen LogP contribution in [0.15, 0.2) is 18.2 Å². The first-order valence-corrected chi connectivity index (χ1v) is 10.8. The van der Waals surface area contributed by atoms with Crippen molar-refractivity contribution in [2.75, 3.05) is 30.2 Å². The third-order valence-corrected chi connectivity index (χ3v) is 6.49. The molecule has 1 amide bonds. The van der Waals surface area contributed by atoms with Crippen LogP contribution in [0.2, 0.25) is 0 Å². The molecule has 0 aliphatic carbocycles. The predicted molar refractivity (Wildman–Crippen MR) is 99.5 cm³/mol. The van der Waals surface area contributed by atoms with Gasteiger partial charge in [-0.05, 0) is 56.5 Å². The number of fused-ring (bicyclic) bond motifs is 1. The first-order valence-electron chi connectivity index (χ1n) is 8.95. The van der Waals surface area contributed by atoms with E-state index in [1.807, 2.05) is 13.0 Å². The van der Waals surface area contributed by atoms with Gasteiger partial charge in [-0.15, -0.1) is 0 Å². The van der Waals surface area contributed by atoms with Crippen LogP contribution in [0.1, 0.15) is 42.6 Å². The van der Waals surface area contributed by atoms with E-state index in [2.05, 4.69) is 17.1 Å². The molecule has 0 spiro atoms. The van der Waals surface area contributed by atoms with Crippen molar-refractivity contribution < 1.29 is 13.2 Å². The molecule has 1 aromatic carbocycles. The lowest BCUT2D eigenvalue weighted by molar-refractivity contribution is 0.0912. The lowest BCUT2D eigenvalue weighted by Gasteiger charge is -2.31. The van der Waals surface area contributed by atoms with E-state index in [1.165, 1.54) is 10.6 Å². The highest BCUT2D eigenvalue weighted by Crippen LogP contribution is 2.34. The maximum Gasteiger partial charge on any atom is 0.251 e. The van der Waals surface area contributed by atoms with Crippen LogP contribution in [0.25, 0.3) is 0 Å². The monoisotopic (exact) mass is 365 g/mol. The smallest absolute Gasteiger partial charge is 0.251 e. The third-order valence-electron chi connectivity index (χ3n) is 5.22. The van der Waals surface area contributed by atoms with Crippen LogP contribution >= 0.6 is 0 Å². The molecule has 0 saturated carbocycles. The van der Waals surface area contributed by atoms with Gasteiger partial charge in [-0.25, -0.2) is 8.42 Å². The molecule has 1 atom stereocenters. The number of carbonyl (C=O) groups excluding carboxylic acids is 1.